The third-order valence-corrected chi connectivity index (χ3v) is 14.7. The molecule has 9 rings (SSSR count). The summed E-state index contributed by atoms with van der Waals surface area (Å²) in [6, 6.07) is 60.9. The first-order chi connectivity index (χ1) is 23.8. The van der Waals surface area contributed by atoms with Gasteiger partial charge in [0.2, 0.25) is 0 Å². The lowest BCUT2D eigenvalue weighted by molar-refractivity contribution is 1.04. The lowest BCUT2D eigenvalue weighted by Crippen LogP contribution is -2.10. The summed E-state index contributed by atoms with van der Waals surface area (Å²) in [6.45, 7) is 0. The molecule has 48 heavy (non-hydrogen) atoms. The first-order valence-corrected chi connectivity index (χ1v) is 19.9. The summed E-state index contributed by atoms with van der Waals surface area (Å²) in [5, 5.41) is 0. The van der Waals surface area contributed by atoms with Gasteiger partial charge in [-0.3, -0.25) is 0 Å². The van der Waals surface area contributed by atoms with Crippen molar-refractivity contribution in [3.05, 3.63) is 186 Å². The molecule has 0 nitrogen and oxygen atoms in total. The van der Waals surface area contributed by atoms with E-state index in [0.29, 0.717) is 0 Å². The van der Waals surface area contributed by atoms with Crippen LogP contribution in [-0.2, 0) is 23.7 Å². The number of fused-ring (bicyclic) bond motifs is 4. The summed E-state index contributed by atoms with van der Waals surface area (Å²) in [5.41, 5.74) is 8.38. The fraction of sp³-hybridized carbons (Fsp3) is 0.0455. The monoisotopic (exact) mass is 687 g/mol. The molecule has 0 aromatic heterocycles. The lowest BCUT2D eigenvalue weighted by atomic mass is 9.94. The van der Waals surface area contributed by atoms with Crippen LogP contribution in [0.2, 0.25) is 0 Å². The molecule has 1 unspecified atom stereocenters. The van der Waals surface area contributed by atoms with Crippen molar-refractivity contribution in [3.8, 4) is 11.1 Å². The molecule has 0 N–H and O–H groups in total. The minimum Gasteiger partial charge on any atom is -0.0901 e. The Kier molecular flexibility index (Phi) is 8.19. The molecule has 2 aliphatic heterocycles. The maximum Gasteiger partial charge on any atom is 0.174 e. The second-order valence-corrected chi connectivity index (χ2v) is 17.3. The van der Waals surface area contributed by atoms with Crippen LogP contribution in [0, 0.1) is 0 Å². The zero-order valence-corrected chi connectivity index (χ0v) is 29.4. The number of hydrogen-bond acceptors (Lipinski definition) is 3. The average molecular weight is 688 g/mol. The van der Waals surface area contributed by atoms with Crippen molar-refractivity contribution in [1.82, 2.24) is 0 Å². The van der Waals surface area contributed by atoms with E-state index in [1.54, 1.807) is 0 Å². The first kappa shape index (κ1) is 30.0. The number of benzene rings is 7. The van der Waals surface area contributed by atoms with Gasteiger partial charge in [0.25, 0.3) is 0 Å². The normalized spacial score (nSPS) is 13.5. The van der Waals surface area contributed by atoms with Gasteiger partial charge in [-0.15, -0.1) is 0 Å². The van der Waals surface area contributed by atoms with Crippen LogP contribution >= 0.6 is 35.3 Å². The van der Waals surface area contributed by atoms with Crippen LogP contribution in [0.25, 0.3) is 11.1 Å². The van der Waals surface area contributed by atoms with Gasteiger partial charge in [-0.05, 0) is 113 Å². The average Bonchev–Trinajstić information content (AvgIpc) is 3.14. The van der Waals surface area contributed by atoms with E-state index in [1.807, 2.05) is 35.3 Å². The fourth-order valence-corrected chi connectivity index (χ4v) is 12.0. The predicted octanol–water partition coefficient (Wildman–Crippen LogP) is 12.7. The topological polar surface area (TPSA) is 0 Å². The van der Waals surface area contributed by atoms with Crippen molar-refractivity contribution in [1.29, 1.82) is 0 Å². The van der Waals surface area contributed by atoms with Crippen LogP contribution < -0.4 is 0 Å². The predicted molar refractivity (Wildman–Crippen MR) is 204 cm³/mol. The molecule has 230 valence electrons. The van der Waals surface area contributed by atoms with E-state index < -0.39 is 0 Å². The van der Waals surface area contributed by atoms with Gasteiger partial charge in [-0.1, -0.05) is 120 Å². The second-order valence-electron chi connectivity index (χ2n) is 12.0. The molecular weight excluding hydrogens is 657 g/mol. The van der Waals surface area contributed by atoms with Gasteiger partial charge in [0, 0.05) is 41.4 Å². The minimum absolute atomic E-state index is 0.282. The van der Waals surface area contributed by atoms with Crippen molar-refractivity contribution in [2.24, 2.45) is 0 Å². The Labute approximate surface area is 298 Å². The van der Waals surface area contributed by atoms with E-state index in [-0.39, 0.29) is 10.9 Å². The molecule has 0 saturated carbocycles. The van der Waals surface area contributed by atoms with Crippen LogP contribution in [0.3, 0.4) is 0 Å². The van der Waals surface area contributed by atoms with E-state index in [9.17, 15) is 0 Å². The van der Waals surface area contributed by atoms with Crippen molar-refractivity contribution < 1.29 is 0 Å². The third kappa shape index (κ3) is 5.82. The minimum atomic E-state index is -0.282. The highest BCUT2D eigenvalue weighted by molar-refractivity contribution is 8.00. The smallest absolute Gasteiger partial charge is 0.0901 e. The molecule has 4 heteroatoms. The molecular formula is C44H31S4+. The van der Waals surface area contributed by atoms with Crippen LogP contribution in [-0.4, -0.2) is 0 Å². The molecule has 2 heterocycles. The summed E-state index contributed by atoms with van der Waals surface area (Å²) in [6.07, 6.45) is 1.95. The van der Waals surface area contributed by atoms with Gasteiger partial charge in [0.05, 0.1) is 10.9 Å². The Morgan fingerprint density at radius 2 is 1.00 bits per heavy atom. The van der Waals surface area contributed by atoms with E-state index in [0.717, 1.165) is 12.8 Å². The SMILES string of the molecule is c1ccc(-c2c([S+](c3ccccc3)c3ccc(Sc4ccc5c(c4)Cc4ccccc4S5)cc3)ccc3c2Cc2ccccc2S3)cc1. The summed E-state index contributed by atoms with van der Waals surface area (Å²) < 4.78 is 0. The highest BCUT2D eigenvalue weighted by atomic mass is 32.2. The van der Waals surface area contributed by atoms with Gasteiger partial charge in [0.1, 0.15) is 0 Å². The van der Waals surface area contributed by atoms with Gasteiger partial charge in [-0.25, -0.2) is 0 Å². The van der Waals surface area contributed by atoms with E-state index in [1.165, 1.54) is 77.4 Å². The Balaban J connectivity index is 1.09. The van der Waals surface area contributed by atoms with Gasteiger partial charge in [0.15, 0.2) is 14.7 Å². The molecule has 1 atom stereocenters. The molecule has 0 saturated heterocycles. The standard InChI is InChI=1S/C44H31S4/c1-3-11-30(12-4-1)44-38-29-32-14-8-10-18-40(32)47-42(38)25-26-43(44)48(36-15-5-2-6-16-36)37-22-19-34(20-23-37)45-35-21-24-41-33(28-35)27-31-13-7-9-17-39(31)46-41/h1-26,28H,27,29H2/q+1. The molecule has 0 bridgehead atoms. The van der Waals surface area contributed by atoms with Crippen LogP contribution in [0.1, 0.15) is 22.3 Å². The zero-order valence-electron chi connectivity index (χ0n) is 26.1. The molecule has 0 radical (unpaired) electrons. The molecule has 0 spiro atoms. The third-order valence-electron chi connectivity index (χ3n) is 8.95. The van der Waals surface area contributed by atoms with Gasteiger partial charge in [-0.2, -0.15) is 0 Å². The van der Waals surface area contributed by atoms with Crippen LogP contribution in [0.15, 0.2) is 208 Å². The maximum absolute atomic E-state index is 2.41. The number of hydrogen-bond donors (Lipinski definition) is 0. The maximum atomic E-state index is 2.41. The highest BCUT2D eigenvalue weighted by Gasteiger charge is 2.35. The summed E-state index contributed by atoms with van der Waals surface area (Å²) in [5.74, 6) is 0. The van der Waals surface area contributed by atoms with Crippen molar-refractivity contribution >= 4 is 46.2 Å². The Bertz CT molecular complexity index is 2260. The van der Waals surface area contributed by atoms with E-state index in [2.05, 4.69) is 164 Å². The summed E-state index contributed by atoms with van der Waals surface area (Å²) in [4.78, 5) is 12.1. The molecule has 2 aliphatic rings. The van der Waals surface area contributed by atoms with Gasteiger partial charge < -0.3 is 0 Å². The second kappa shape index (κ2) is 13.1. The van der Waals surface area contributed by atoms with Crippen molar-refractivity contribution in [2.45, 2.75) is 56.9 Å². The molecule has 7 aromatic carbocycles. The van der Waals surface area contributed by atoms with Gasteiger partial charge >= 0.3 is 0 Å². The van der Waals surface area contributed by atoms with Crippen LogP contribution in [0.4, 0.5) is 0 Å². The highest BCUT2D eigenvalue weighted by Crippen LogP contribution is 2.48. The summed E-state index contributed by atoms with van der Waals surface area (Å²) in [7, 11) is -0.282. The lowest BCUT2D eigenvalue weighted by Gasteiger charge is -2.23. The zero-order chi connectivity index (χ0) is 31.9. The van der Waals surface area contributed by atoms with Crippen molar-refractivity contribution in [2.75, 3.05) is 0 Å². The van der Waals surface area contributed by atoms with E-state index in [4.69, 9.17) is 0 Å². The van der Waals surface area contributed by atoms with Crippen LogP contribution in [0.5, 0.6) is 0 Å². The molecule has 0 amide bonds. The summed E-state index contributed by atoms with van der Waals surface area (Å²) >= 11 is 5.66. The number of rotatable bonds is 6. The molecule has 7 aromatic rings. The Morgan fingerprint density at radius 3 is 1.75 bits per heavy atom. The Morgan fingerprint density at radius 1 is 0.438 bits per heavy atom. The fourth-order valence-electron chi connectivity index (χ4n) is 6.68. The first-order valence-electron chi connectivity index (χ1n) is 16.2. The van der Waals surface area contributed by atoms with E-state index >= 15 is 0 Å². The van der Waals surface area contributed by atoms with Crippen molar-refractivity contribution in [3.63, 3.8) is 0 Å². The molecule has 0 fully saturated rings. The largest absolute Gasteiger partial charge is 0.174 e. The molecule has 0 aliphatic carbocycles. The Hall–Kier alpha value is -4.06. The quantitative estimate of drug-likeness (QED) is 0.160.